The zero-order valence-electron chi connectivity index (χ0n) is 17.5. The first kappa shape index (κ1) is 21.2. The molecule has 6 nitrogen and oxygen atoms in total. The summed E-state index contributed by atoms with van der Waals surface area (Å²) in [5.41, 5.74) is 2.69. The molecule has 0 bridgehead atoms. The van der Waals surface area contributed by atoms with Crippen molar-refractivity contribution in [3.8, 4) is 0 Å². The molecule has 32 heavy (non-hydrogen) atoms. The van der Waals surface area contributed by atoms with E-state index in [1.807, 2.05) is 13.0 Å². The molecule has 1 atom stereocenters. The Balaban J connectivity index is 1.56. The largest absolute Gasteiger partial charge is 0.456 e. The van der Waals surface area contributed by atoms with Crippen molar-refractivity contribution in [3.63, 3.8) is 0 Å². The maximum Gasteiger partial charge on any atom is 0.330 e. The van der Waals surface area contributed by atoms with E-state index in [1.165, 1.54) is 0 Å². The highest BCUT2D eigenvalue weighted by Gasteiger charge is 2.43. The first-order valence-electron chi connectivity index (χ1n) is 10.2. The SMILES string of the molecule is Cc1ccc(C(=O)COC(=O)[C@@H](Cc2ccccc2)N2C(=O)c3ccccc3C2=O)cc1. The van der Waals surface area contributed by atoms with Crippen LogP contribution in [0.15, 0.2) is 78.9 Å². The lowest BCUT2D eigenvalue weighted by Gasteiger charge is -2.24. The highest BCUT2D eigenvalue weighted by Crippen LogP contribution is 2.26. The molecule has 3 aromatic rings. The Morgan fingerprint density at radius 1 is 0.812 bits per heavy atom. The summed E-state index contributed by atoms with van der Waals surface area (Å²) in [6.45, 7) is 1.43. The molecule has 4 rings (SSSR count). The predicted molar refractivity (Wildman–Crippen MR) is 117 cm³/mol. The number of rotatable bonds is 7. The van der Waals surface area contributed by atoms with E-state index in [1.54, 1.807) is 72.8 Å². The number of imide groups is 1. The predicted octanol–water partition coefficient (Wildman–Crippen LogP) is 3.63. The summed E-state index contributed by atoms with van der Waals surface area (Å²) in [6.07, 6.45) is 0.0872. The molecule has 0 spiro atoms. The normalized spacial score (nSPS) is 13.6. The molecule has 1 heterocycles. The minimum Gasteiger partial charge on any atom is -0.456 e. The Labute approximate surface area is 185 Å². The maximum atomic E-state index is 13.0. The van der Waals surface area contributed by atoms with Crippen molar-refractivity contribution >= 4 is 23.6 Å². The second kappa shape index (κ2) is 8.98. The van der Waals surface area contributed by atoms with Crippen LogP contribution >= 0.6 is 0 Å². The van der Waals surface area contributed by atoms with Gasteiger partial charge in [0, 0.05) is 12.0 Å². The lowest BCUT2D eigenvalue weighted by molar-refractivity contribution is -0.147. The zero-order valence-corrected chi connectivity index (χ0v) is 17.5. The van der Waals surface area contributed by atoms with E-state index < -0.39 is 30.4 Å². The number of carbonyl (C=O) groups excluding carboxylic acids is 4. The third kappa shape index (κ3) is 4.21. The number of carbonyl (C=O) groups is 4. The topological polar surface area (TPSA) is 80.8 Å². The lowest BCUT2D eigenvalue weighted by atomic mass is 10.0. The summed E-state index contributed by atoms with van der Waals surface area (Å²) in [5.74, 6) is -2.26. The van der Waals surface area contributed by atoms with E-state index >= 15 is 0 Å². The Morgan fingerprint density at radius 2 is 1.38 bits per heavy atom. The molecule has 1 aliphatic rings. The third-order valence-electron chi connectivity index (χ3n) is 5.40. The van der Waals surface area contributed by atoms with Gasteiger partial charge in [0.15, 0.2) is 12.4 Å². The maximum absolute atomic E-state index is 13.0. The van der Waals surface area contributed by atoms with Crippen LogP contribution < -0.4 is 0 Å². The molecule has 2 amide bonds. The Morgan fingerprint density at radius 3 is 1.97 bits per heavy atom. The van der Waals surface area contributed by atoms with E-state index in [0.717, 1.165) is 16.0 Å². The number of amides is 2. The average molecular weight is 427 g/mol. The molecule has 0 radical (unpaired) electrons. The second-order valence-corrected chi connectivity index (χ2v) is 7.63. The molecule has 0 saturated carbocycles. The molecule has 0 fully saturated rings. The molecule has 0 aliphatic carbocycles. The van der Waals surface area contributed by atoms with E-state index in [2.05, 4.69) is 0 Å². The van der Waals surface area contributed by atoms with Crippen LogP contribution in [0.2, 0.25) is 0 Å². The van der Waals surface area contributed by atoms with Crippen LogP contribution in [0.4, 0.5) is 0 Å². The molecule has 0 N–H and O–H groups in total. The van der Waals surface area contributed by atoms with Crippen LogP contribution in [0.1, 0.15) is 42.2 Å². The average Bonchev–Trinajstić information content (AvgIpc) is 3.07. The fourth-order valence-electron chi connectivity index (χ4n) is 3.66. The van der Waals surface area contributed by atoms with Gasteiger partial charge in [-0.3, -0.25) is 19.3 Å². The van der Waals surface area contributed by atoms with Gasteiger partial charge in [-0.15, -0.1) is 0 Å². The van der Waals surface area contributed by atoms with E-state index in [-0.39, 0.29) is 23.3 Å². The summed E-state index contributed by atoms with van der Waals surface area (Å²) in [7, 11) is 0. The number of Topliss-reactive ketones (excluding diaryl/α,β-unsaturated/α-hetero) is 1. The van der Waals surface area contributed by atoms with E-state index in [4.69, 9.17) is 4.74 Å². The van der Waals surface area contributed by atoms with Gasteiger partial charge in [-0.2, -0.15) is 0 Å². The van der Waals surface area contributed by atoms with E-state index in [0.29, 0.717) is 5.56 Å². The number of hydrogen-bond donors (Lipinski definition) is 0. The van der Waals surface area contributed by atoms with Gasteiger partial charge in [0.05, 0.1) is 11.1 Å². The zero-order chi connectivity index (χ0) is 22.7. The summed E-state index contributed by atoms with van der Waals surface area (Å²) >= 11 is 0. The Kier molecular flexibility index (Phi) is 5.94. The van der Waals surface area contributed by atoms with Crippen molar-refractivity contribution in [2.24, 2.45) is 0 Å². The van der Waals surface area contributed by atoms with Crippen molar-refractivity contribution in [3.05, 3.63) is 107 Å². The Hall–Kier alpha value is -4.06. The summed E-state index contributed by atoms with van der Waals surface area (Å²) in [5, 5.41) is 0. The minimum absolute atomic E-state index is 0.0872. The number of hydrogen-bond acceptors (Lipinski definition) is 5. The molecule has 3 aromatic carbocycles. The molecule has 0 unspecified atom stereocenters. The number of aryl methyl sites for hydroxylation is 1. The second-order valence-electron chi connectivity index (χ2n) is 7.63. The molecule has 160 valence electrons. The Bertz CT molecular complexity index is 1150. The van der Waals surface area contributed by atoms with Gasteiger partial charge >= 0.3 is 5.97 Å². The van der Waals surface area contributed by atoms with Crippen LogP contribution in [0.25, 0.3) is 0 Å². The first-order chi connectivity index (χ1) is 15.5. The van der Waals surface area contributed by atoms with Gasteiger partial charge in [-0.25, -0.2) is 4.79 Å². The fraction of sp³-hybridized carbons (Fsp3) is 0.154. The third-order valence-corrected chi connectivity index (χ3v) is 5.40. The fourth-order valence-corrected chi connectivity index (χ4v) is 3.66. The van der Waals surface area contributed by atoms with Gasteiger partial charge in [0.1, 0.15) is 6.04 Å². The standard InChI is InChI=1S/C26H21NO5/c1-17-11-13-19(14-12-17)23(28)16-32-26(31)22(15-18-7-3-2-4-8-18)27-24(29)20-9-5-6-10-21(20)25(27)30/h2-14,22H,15-16H2,1H3/t22-/m1/s1. The van der Waals surface area contributed by atoms with Gasteiger partial charge in [0.2, 0.25) is 0 Å². The van der Waals surface area contributed by atoms with Crippen LogP contribution in [0, 0.1) is 6.92 Å². The molecule has 0 saturated heterocycles. The summed E-state index contributed by atoms with van der Waals surface area (Å²) in [4.78, 5) is 52.4. The number of ether oxygens (including phenoxy) is 1. The van der Waals surface area contributed by atoms with Gasteiger partial charge < -0.3 is 4.74 Å². The highest BCUT2D eigenvalue weighted by molar-refractivity contribution is 6.22. The highest BCUT2D eigenvalue weighted by atomic mass is 16.5. The van der Waals surface area contributed by atoms with Crippen LogP contribution in [-0.2, 0) is 16.0 Å². The quantitative estimate of drug-likeness (QED) is 0.327. The van der Waals surface area contributed by atoms with Crippen molar-refractivity contribution in [2.75, 3.05) is 6.61 Å². The van der Waals surface area contributed by atoms with Crippen LogP contribution in [0.3, 0.4) is 0 Å². The van der Waals surface area contributed by atoms with Gasteiger partial charge in [-0.05, 0) is 24.6 Å². The van der Waals surface area contributed by atoms with Crippen molar-refractivity contribution in [2.45, 2.75) is 19.4 Å². The lowest BCUT2D eigenvalue weighted by Crippen LogP contribution is -2.47. The smallest absolute Gasteiger partial charge is 0.330 e. The molecular weight excluding hydrogens is 406 g/mol. The number of esters is 1. The number of fused-ring (bicyclic) bond motifs is 1. The number of benzene rings is 3. The number of nitrogens with zero attached hydrogens (tertiary/aromatic N) is 1. The molecule has 6 heteroatoms. The molecular formula is C26H21NO5. The summed E-state index contributed by atoms with van der Waals surface area (Å²) in [6, 6.07) is 21.2. The molecule has 1 aliphatic heterocycles. The minimum atomic E-state index is -1.18. The number of ketones is 1. The van der Waals surface area contributed by atoms with Crippen molar-refractivity contribution < 1.29 is 23.9 Å². The monoisotopic (exact) mass is 427 g/mol. The van der Waals surface area contributed by atoms with E-state index in [9.17, 15) is 19.2 Å². The molecule has 0 aromatic heterocycles. The summed E-state index contributed by atoms with van der Waals surface area (Å²) < 4.78 is 5.30. The van der Waals surface area contributed by atoms with Crippen molar-refractivity contribution in [1.82, 2.24) is 4.90 Å². The van der Waals surface area contributed by atoms with Gasteiger partial charge in [-0.1, -0.05) is 72.3 Å². The first-order valence-corrected chi connectivity index (χ1v) is 10.2. The van der Waals surface area contributed by atoms with Crippen molar-refractivity contribution in [1.29, 1.82) is 0 Å². The van der Waals surface area contributed by atoms with Gasteiger partial charge in [0.25, 0.3) is 11.8 Å². The van der Waals surface area contributed by atoms with Crippen LogP contribution in [-0.4, -0.2) is 41.1 Å². The van der Waals surface area contributed by atoms with Crippen LogP contribution in [0.5, 0.6) is 0 Å².